The van der Waals surface area contributed by atoms with Crippen LogP contribution in [0.25, 0.3) is 21.8 Å². The van der Waals surface area contributed by atoms with Crippen molar-refractivity contribution in [1.82, 2.24) is 4.57 Å². The Hall–Kier alpha value is -2.74. The molecule has 0 bridgehead atoms. The van der Waals surface area contributed by atoms with E-state index in [0.29, 0.717) is 5.92 Å². The molecular formula is C23H24N2. The summed E-state index contributed by atoms with van der Waals surface area (Å²) in [5, 5.41) is 2.70. The second-order valence-corrected chi connectivity index (χ2v) is 6.97. The first-order chi connectivity index (χ1) is 12.2. The second-order valence-electron chi connectivity index (χ2n) is 6.97. The molecule has 0 saturated heterocycles. The van der Waals surface area contributed by atoms with E-state index in [4.69, 9.17) is 0 Å². The van der Waals surface area contributed by atoms with Crippen molar-refractivity contribution < 1.29 is 0 Å². The van der Waals surface area contributed by atoms with Crippen molar-refractivity contribution in [2.24, 2.45) is 5.92 Å². The normalized spacial score (nSPS) is 12.6. The number of rotatable bonds is 5. The molecule has 25 heavy (non-hydrogen) atoms. The van der Waals surface area contributed by atoms with Gasteiger partial charge in [-0.3, -0.25) is 0 Å². The standard InChI is InChI=1S/C23H24N2/c1-18(16-24(2)19-10-4-3-5-11-19)17-25-22-14-8-6-12-20(22)21-13-7-9-15-23(21)25/h3-15,18H,16-17H2,1-2H3. The van der Waals surface area contributed by atoms with E-state index in [-0.39, 0.29) is 0 Å². The fourth-order valence-electron chi connectivity index (χ4n) is 3.82. The first-order valence-corrected chi connectivity index (χ1v) is 8.96. The van der Waals surface area contributed by atoms with Gasteiger partial charge >= 0.3 is 0 Å². The monoisotopic (exact) mass is 328 g/mol. The number of para-hydroxylation sites is 3. The highest BCUT2D eigenvalue weighted by molar-refractivity contribution is 6.07. The van der Waals surface area contributed by atoms with Crippen LogP contribution in [-0.2, 0) is 6.54 Å². The summed E-state index contributed by atoms with van der Waals surface area (Å²) in [5.41, 5.74) is 3.94. The number of fused-ring (bicyclic) bond motifs is 3. The van der Waals surface area contributed by atoms with Gasteiger partial charge in [-0.05, 0) is 30.2 Å². The molecule has 0 fully saturated rings. The van der Waals surface area contributed by atoms with Crippen LogP contribution < -0.4 is 4.90 Å². The number of anilines is 1. The highest BCUT2D eigenvalue weighted by atomic mass is 15.1. The Labute approximate surface area is 149 Å². The number of aromatic nitrogens is 1. The minimum Gasteiger partial charge on any atom is -0.374 e. The molecule has 4 rings (SSSR count). The van der Waals surface area contributed by atoms with Crippen LogP contribution >= 0.6 is 0 Å². The molecule has 0 radical (unpaired) electrons. The van der Waals surface area contributed by atoms with Gasteiger partial charge in [0.1, 0.15) is 0 Å². The second kappa shape index (κ2) is 6.64. The Morgan fingerprint density at radius 3 is 1.88 bits per heavy atom. The van der Waals surface area contributed by atoms with Gasteiger partial charge in [0.15, 0.2) is 0 Å². The van der Waals surface area contributed by atoms with Gasteiger partial charge in [-0.2, -0.15) is 0 Å². The predicted octanol–water partition coefficient (Wildman–Crippen LogP) is 5.57. The van der Waals surface area contributed by atoms with Crippen LogP contribution in [-0.4, -0.2) is 18.2 Å². The average Bonchev–Trinajstić information content (AvgIpc) is 2.97. The minimum atomic E-state index is 0.546. The van der Waals surface area contributed by atoms with Crippen molar-refractivity contribution in [2.75, 3.05) is 18.5 Å². The summed E-state index contributed by atoms with van der Waals surface area (Å²) in [6.07, 6.45) is 0. The number of hydrogen-bond donors (Lipinski definition) is 0. The summed E-state index contributed by atoms with van der Waals surface area (Å²) in [5.74, 6) is 0.546. The van der Waals surface area contributed by atoms with Gasteiger partial charge in [-0.25, -0.2) is 0 Å². The maximum absolute atomic E-state index is 2.48. The third-order valence-corrected chi connectivity index (χ3v) is 4.96. The van der Waals surface area contributed by atoms with Crippen molar-refractivity contribution in [1.29, 1.82) is 0 Å². The summed E-state index contributed by atoms with van der Waals surface area (Å²) in [7, 11) is 2.18. The number of benzene rings is 3. The Balaban J connectivity index is 1.63. The van der Waals surface area contributed by atoms with Crippen molar-refractivity contribution in [3.8, 4) is 0 Å². The van der Waals surface area contributed by atoms with E-state index in [9.17, 15) is 0 Å². The molecule has 0 aliphatic rings. The smallest absolute Gasteiger partial charge is 0.0491 e. The summed E-state index contributed by atoms with van der Waals surface area (Å²) in [6, 6.07) is 28.1. The molecule has 3 aromatic carbocycles. The molecule has 1 aromatic heterocycles. The molecule has 4 aromatic rings. The lowest BCUT2D eigenvalue weighted by molar-refractivity contribution is 0.500. The Kier molecular flexibility index (Phi) is 4.19. The van der Waals surface area contributed by atoms with Crippen LogP contribution in [0, 0.1) is 5.92 Å². The van der Waals surface area contributed by atoms with Crippen molar-refractivity contribution in [3.63, 3.8) is 0 Å². The summed E-state index contributed by atoms with van der Waals surface area (Å²) >= 11 is 0. The maximum Gasteiger partial charge on any atom is 0.0491 e. The minimum absolute atomic E-state index is 0.546. The average molecular weight is 328 g/mol. The predicted molar refractivity (Wildman–Crippen MR) is 108 cm³/mol. The zero-order valence-corrected chi connectivity index (χ0v) is 14.9. The molecule has 0 amide bonds. The summed E-state index contributed by atoms with van der Waals surface area (Å²) in [4.78, 5) is 2.35. The van der Waals surface area contributed by atoms with Crippen LogP contribution in [0.2, 0.25) is 0 Å². The molecule has 0 N–H and O–H groups in total. The largest absolute Gasteiger partial charge is 0.374 e. The molecule has 1 unspecified atom stereocenters. The molecule has 1 heterocycles. The zero-order valence-electron chi connectivity index (χ0n) is 14.9. The van der Waals surface area contributed by atoms with E-state index in [1.807, 2.05) is 0 Å². The highest BCUT2D eigenvalue weighted by Gasteiger charge is 2.13. The lowest BCUT2D eigenvalue weighted by Gasteiger charge is -2.24. The van der Waals surface area contributed by atoms with Gasteiger partial charge in [0.2, 0.25) is 0 Å². The SMILES string of the molecule is CC(CN(C)c1ccccc1)Cn1c2ccccc2c2ccccc21. The molecule has 1 atom stereocenters. The molecule has 0 saturated carbocycles. The zero-order chi connectivity index (χ0) is 17.2. The molecule has 2 nitrogen and oxygen atoms in total. The van der Waals surface area contributed by atoms with Gasteiger partial charge in [0.25, 0.3) is 0 Å². The topological polar surface area (TPSA) is 8.17 Å². The lowest BCUT2D eigenvalue weighted by atomic mass is 10.1. The van der Waals surface area contributed by atoms with Gasteiger partial charge in [0, 0.05) is 47.6 Å². The lowest BCUT2D eigenvalue weighted by Crippen LogP contribution is -2.26. The highest BCUT2D eigenvalue weighted by Crippen LogP contribution is 2.29. The van der Waals surface area contributed by atoms with Crippen LogP contribution in [0.4, 0.5) is 5.69 Å². The molecular weight excluding hydrogens is 304 g/mol. The summed E-state index contributed by atoms with van der Waals surface area (Å²) in [6.45, 7) is 4.39. The van der Waals surface area contributed by atoms with E-state index in [1.165, 1.54) is 27.5 Å². The Morgan fingerprint density at radius 1 is 0.760 bits per heavy atom. The van der Waals surface area contributed by atoms with E-state index in [1.54, 1.807) is 0 Å². The van der Waals surface area contributed by atoms with Crippen LogP contribution in [0.3, 0.4) is 0 Å². The van der Waals surface area contributed by atoms with Crippen molar-refractivity contribution in [2.45, 2.75) is 13.5 Å². The van der Waals surface area contributed by atoms with Crippen molar-refractivity contribution in [3.05, 3.63) is 78.9 Å². The number of hydrogen-bond acceptors (Lipinski definition) is 1. The molecule has 0 aliphatic carbocycles. The number of nitrogens with zero attached hydrogens (tertiary/aromatic N) is 2. The molecule has 126 valence electrons. The molecule has 0 spiro atoms. The van der Waals surface area contributed by atoms with E-state index >= 15 is 0 Å². The quantitative estimate of drug-likeness (QED) is 0.465. The van der Waals surface area contributed by atoms with Gasteiger partial charge in [-0.15, -0.1) is 0 Å². The van der Waals surface area contributed by atoms with Gasteiger partial charge in [0.05, 0.1) is 0 Å². The maximum atomic E-state index is 2.48. The third-order valence-electron chi connectivity index (χ3n) is 4.96. The van der Waals surface area contributed by atoms with Crippen molar-refractivity contribution >= 4 is 27.5 Å². The van der Waals surface area contributed by atoms with E-state index in [2.05, 4.69) is 102 Å². The van der Waals surface area contributed by atoms with Crippen LogP contribution in [0.1, 0.15) is 6.92 Å². The van der Waals surface area contributed by atoms with Crippen LogP contribution in [0.5, 0.6) is 0 Å². The van der Waals surface area contributed by atoms with E-state index in [0.717, 1.165) is 13.1 Å². The fraction of sp³-hybridized carbons (Fsp3) is 0.217. The molecule has 2 heteroatoms. The Bertz CT molecular complexity index is 932. The summed E-state index contributed by atoms with van der Waals surface area (Å²) < 4.78 is 2.48. The molecule has 0 aliphatic heterocycles. The van der Waals surface area contributed by atoms with E-state index < -0.39 is 0 Å². The first-order valence-electron chi connectivity index (χ1n) is 8.96. The van der Waals surface area contributed by atoms with Gasteiger partial charge in [-0.1, -0.05) is 61.5 Å². The van der Waals surface area contributed by atoms with Gasteiger partial charge < -0.3 is 9.47 Å². The third kappa shape index (κ3) is 3.00. The fourth-order valence-corrected chi connectivity index (χ4v) is 3.82. The first kappa shape index (κ1) is 15.8. The Morgan fingerprint density at radius 2 is 1.28 bits per heavy atom. The van der Waals surface area contributed by atoms with Crippen LogP contribution in [0.15, 0.2) is 78.9 Å².